The van der Waals surface area contributed by atoms with E-state index >= 15 is 0 Å². The van der Waals surface area contributed by atoms with Gasteiger partial charge in [-0.15, -0.1) is 0 Å². The van der Waals surface area contributed by atoms with Crippen LogP contribution in [-0.2, 0) is 0 Å². The maximum Gasteiger partial charge on any atom is 0.252 e. The molecular formula is C11H13BrINO. The molecular weight excluding hydrogens is 369 g/mol. The van der Waals surface area contributed by atoms with E-state index in [4.69, 9.17) is 0 Å². The number of hydrogen-bond acceptors (Lipinski definition) is 1. The highest BCUT2D eigenvalue weighted by molar-refractivity contribution is 14.1. The molecule has 2 nitrogen and oxygen atoms in total. The van der Waals surface area contributed by atoms with Crippen LogP contribution in [0.3, 0.4) is 0 Å². The molecule has 4 heteroatoms. The number of halogens is 2. The lowest BCUT2D eigenvalue weighted by Gasteiger charge is -2.23. The summed E-state index contributed by atoms with van der Waals surface area (Å²) in [5.41, 5.74) is 0.503. The summed E-state index contributed by atoms with van der Waals surface area (Å²) in [4.78, 5) is 11.9. The SMILES string of the molecule is CC(C)(CBr)NC(=O)c1ccccc1I. The molecule has 1 rings (SSSR count). The van der Waals surface area contributed by atoms with E-state index in [9.17, 15) is 4.79 Å². The predicted molar refractivity (Wildman–Crippen MR) is 74.5 cm³/mol. The average molecular weight is 382 g/mol. The molecule has 0 atom stereocenters. The number of hydrogen-bond donors (Lipinski definition) is 1. The number of nitrogens with one attached hydrogen (secondary N) is 1. The van der Waals surface area contributed by atoms with Gasteiger partial charge in [-0.05, 0) is 48.6 Å². The molecule has 1 amide bonds. The topological polar surface area (TPSA) is 29.1 Å². The molecule has 15 heavy (non-hydrogen) atoms. The summed E-state index contributed by atoms with van der Waals surface area (Å²) >= 11 is 5.54. The van der Waals surface area contributed by atoms with Gasteiger partial charge in [0.25, 0.3) is 5.91 Å². The number of alkyl halides is 1. The van der Waals surface area contributed by atoms with Crippen molar-refractivity contribution in [3.63, 3.8) is 0 Å². The van der Waals surface area contributed by atoms with Crippen molar-refractivity contribution in [1.82, 2.24) is 5.32 Å². The third-order valence-electron chi connectivity index (χ3n) is 1.90. The summed E-state index contributed by atoms with van der Waals surface area (Å²) in [5, 5.41) is 3.70. The van der Waals surface area contributed by atoms with Crippen LogP contribution in [0, 0.1) is 3.57 Å². The standard InChI is InChI=1S/C11H13BrINO/c1-11(2,7-12)14-10(15)8-5-3-4-6-9(8)13/h3-6H,7H2,1-2H3,(H,14,15). The minimum absolute atomic E-state index is 0.0237. The van der Waals surface area contributed by atoms with Crippen molar-refractivity contribution < 1.29 is 4.79 Å². The van der Waals surface area contributed by atoms with E-state index in [1.165, 1.54) is 0 Å². The van der Waals surface area contributed by atoms with Crippen molar-refractivity contribution in [2.75, 3.05) is 5.33 Å². The zero-order valence-corrected chi connectivity index (χ0v) is 12.4. The highest BCUT2D eigenvalue weighted by Gasteiger charge is 2.20. The summed E-state index contributed by atoms with van der Waals surface area (Å²) in [6.45, 7) is 3.96. The van der Waals surface area contributed by atoms with Gasteiger partial charge in [0, 0.05) is 14.4 Å². The molecule has 1 N–H and O–H groups in total. The minimum Gasteiger partial charge on any atom is -0.346 e. The quantitative estimate of drug-likeness (QED) is 0.632. The van der Waals surface area contributed by atoms with E-state index in [2.05, 4.69) is 43.8 Å². The highest BCUT2D eigenvalue weighted by atomic mass is 127. The third-order valence-corrected chi connectivity index (χ3v) is 4.25. The first kappa shape index (κ1) is 13.0. The number of rotatable bonds is 3. The summed E-state index contributed by atoms with van der Waals surface area (Å²) < 4.78 is 0.970. The van der Waals surface area contributed by atoms with Crippen LogP contribution in [0.2, 0.25) is 0 Å². The van der Waals surface area contributed by atoms with Gasteiger partial charge < -0.3 is 5.32 Å². The van der Waals surface area contributed by atoms with Gasteiger partial charge in [0.2, 0.25) is 0 Å². The Bertz CT molecular complexity index is 365. The molecule has 0 saturated heterocycles. The lowest BCUT2D eigenvalue weighted by atomic mass is 10.1. The van der Waals surface area contributed by atoms with E-state index < -0.39 is 0 Å². The summed E-state index contributed by atoms with van der Waals surface area (Å²) in [7, 11) is 0. The van der Waals surface area contributed by atoms with Crippen LogP contribution in [0.25, 0.3) is 0 Å². The molecule has 0 aliphatic heterocycles. The monoisotopic (exact) mass is 381 g/mol. The fourth-order valence-corrected chi connectivity index (χ4v) is 1.83. The average Bonchev–Trinajstić information content (AvgIpc) is 2.17. The Morgan fingerprint density at radius 1 is 1.47 bits per heavy atom. The first-order valence-electron chi connectivity index (χ1n) is 4.59. The molecule has 1 aromatic carbocycles. The normalized spacial score (nSPS) is 11.2. The Morgan fingerprint density at radius 2 is 2.07 bits per heavy atom. The van der Waals surface area contributed by atoms with E-state index in [-0.39, 0.29) is 11.4 Å². The lowest BCUT2D eigenvalue weighted by molar-refractivity contribution is 0.0920. The number of carbonyl (C=O) groups is 1. The fourth-order valence-electron chi connectivity index (χ4n) is 1.05. The first-order valence-corrected chi connectivity index (χ1v) is 6.79. The van der Waals surface area contributed by atoms with Crippen molar-refractivity contribution in [3.8, 4) is 0 Å². The van der Waals surface area contributed by atoms with Crippen molar-refractivity contribution in [2.24, 2.45) is 0 Å². The van der Waals surface area contributed by atoms with Gasteiger partial charge in [0.05, 0.1) is 5.56 Å². The number of carbonyl (C=O) groups excluding carboxylic acids is 1. The van der Waals surface area contributed by atoms with Crippen molar-refractivity contribution in [2.45, 2.75) is 19.4 Å². The zero-order valence-electron chi connectivity index (χ0n) is 8.68. The minimum atomic E-state index is -0.226. The number of amides is 1. The second-order valence-electron chi connectivity index (χ2n) is 3.95. The second kappa shape index (κ2) is 5.30. The molecule has 0 fully saturated rings. The predicted octanol–water partition coefficient (Wildman–Crippen LogP) is 3.19. The van der Waals surface area contributed by atoms with Crippen LogP contribution in [0.15, 0.2) is 24.3 Å². The summed E-state index contributed by atoms with van der Waals surface area (Å²) in [6.07, 6.45) is 0. The molecule has 0 saturated carbocycles. The lowest BCUT2D eigenvalue weighted by Crippen LogP contribution is -2.44. The molecule has 0 heterocycles. The van der Waals surface area contributed by atoms with E-state index in [0.717, 1.165) is 14.5 Å². The smallest absolute Gasteiger partial charge is 0.252 e. The van der Waals surface area contributed by atoms with Crippen LogP contribution in [0.1, 0.15) is 24.2 Å². The van der Waals surface area contributed by atoms with Crippen molar-refractivity contribution >= 4 is 44.4 Å². The summed E-state index contributed by atoms with van der Waals surface area (Å²) in [5.74, 6) is -0.0237. The zero-order chi connectivity index (χ0) is 11.5. The molecule has 0 radical (unpaired) electrons. The molecule has 82 valence electrons. The fraction of sp³-hybridized carbons (Fsp3) is 0.364. The Labute approximate surface area is 112 Å². The molecule has 1 aromatic rings. The van der Waals surface area contributed by atoms with E-state index in [0.29, 0.717) is 0 Å². The molecule has 0 spiro atoms. The molecule has 0 aromatic heterocycles. The Hall–Kier alpha value is -0.100. The van der Waals surface area contributed by atoms with Gasteiger partial charge in [-0.2, -0.15) is 0 Å². The summed E-state index contributed by atoms with van der Waals surface area (Å²) in [6, 6.07) is 7.56. The Balaban J connectivity index is 2.83. The van der Waals surface area contributed by atoms with E-state index in [1.54, 1.807) is 0 Å². The highest BCUT2D eigenvalue weighted by Crippen LogP contribution is 2.13. The van der Waals surface area contributed by atoms with Gasteiger partial charge >= 0.3 is 0 Å². The number of benzene rings is 1. The van der Waals surface area contributed by atoms with Crippen LogP contribution in [-0.4, -0.2) is 16.8 Å². The van der Waals surface area contributed by atoms with E-state index in [1.807, 2.05) is 38.1 Å². The van der Waals surface area contributed by atoms with Gasteiger partial charge in [-0.1, -0.05) is 28.1 Å². The largest absolute Gasteiger partial charge is 0.346 e. The van der Waals surface area contributed by atoms with Crippen molar-refractivity contribution in [1.29, 1.82) is 0 Å². The van der Waals surface area contributed by atoms with Crippen LogP contribution < -0.4 is 5.32 Å². The molecule has 0 aliphatic rings. The Morgan fingerprint density at radius 3 is 2.60 bits per heavy atom. The van der Waals surface area contributed by atoms with Gasteiger partial charge in [-0.3, -0.25) is 4.79 Å². The van der Waals surface area contributed by atoms with Crippen LogP contribution in [0.4, 0.5) is 0 Å². The van der Waals surface area contributed by atoms with Crippen LogP contribution in [0.5, 0.6) is 0 Å². The second-order valence-corrected chi connectivity index (χ2v) is 5.67. The Kier molecular flexibility index (Phi) is 4.58. The van der Waals surface area contributed by atoms with Gasteiger partial charge in [0.1, 0.15) is 0 Å². The van der Waals surface area contributed by atoms with Gasteiger partial charge in [0.15, 0.2) is 0 Å². The van der Waals surface area contributed by atoms with Gasteiger partial charge in [-0.25, -0.2) is 0 Å². The molecule has 0 unspecified atom stereocenters. The first-order chi connectivity index (χ1) is 6.96. The van der Waals surface area contributed by atoms with Crippen molar-refractivity contribution in [3.05, 3.63) is 33.4 Å². The maximum atomic E-state index is 11.9. The van der Waals surface area contributed by atoms with Crippen LogP contribution >= 0.6 is 38.5 Å². The molecule has 0 bridgehead atoms. The molecule has 0 aliphatic carbocycles. The third kappa shape index (κ3) is 3.75. The maximum absolute atomic E-state index is 11.9.